The monoisotopic (exact) mass is 301 g/mol. The quantitative estimate of drug-likeness (QED) is 0.577. The number of halogens is 2. The van der Waals surface area contributed by atoms with Gasteiger partial charge in [-0.25, -0.2) is 0 Å². The zero-order valence-electron chi connectivity index (χ0n) is 10.6. The number of hydrogen-bond acceptors (Lipinski definition) is 0. The van der Waals surface area contributed by atoms with Crippen LogP contribution in [-0.2, 0) is 6.67 Å². The smallest absolute Gasteiger partial charge is 0.228 e. The van der Waals surface area contributed by atoms with Crippen LogP contribution in [0.2, 0.25) is 10.0 Å². The van der Waals surface area contributed by atoms with Crippen LogP contribution in [0.25, 0.3) is 10.9 Å². The summed E-state index contributed by atoms with van der Waals surface area (Å²) in [4.78, 5) is 0. The van der Waals surface area contributed by atoms with E-state index in [1.807, 2.05) is 12.1 Å². The van der Waals surface area contributed by atoms with Crippen LogP contribution in [0.1, 0.15) is 5.56 Å². The first-order valence-corrected chi connectivity index (χ1v) is 7.12. The van der Waals surface area contributed by atoms with Gasteiger partial charge in [0.15, 0.2) is 6.21 Å². The lowest BCUT2D eigenvalue weighted by Gasteiger charge is -2.12. The van der Waals surface area contributed by atoms with E-state index in [0.29, 0.717) is 10.0 Å². The van der Waals surface area contributed by atoms with Crippen molar-refractivity contribution < 1.29 is 4.58 Å². The van der Waals surface area contributed by atoms with Crippen molar-refractivity contribution in [1.29, 1.82) is 0 Å². The van der Waals surface area contributed by atoms with Crippen molar-refractivity contribution in [2.75, 3.05) is 0 Å². The predicted octanol–water partition coefficient (Wildman–Crippen LogP) is 4.68. The van der Waals surface area contributed by atoms with Crippen molar-refractivity contribution in [3.8, 4) is 0 Å². The first-order chi connectivity index (χ1) is 9.70. The minimum absolute atomic E-state index is 0.650. The summed E-state index contributed by atoms with van der Waals surface area (Å²) in [7, 11) is 0. The van der Waals surface area contributed by atoms with Crippen molar-refractivity contribution in [2.45, 2.75) is 6.67 Å². The van der Waals surface area contributed by atoms with Gasteiger partial charge in [0.25, 0.3) is 0 Å². The van der Waals surface area contributed by atoms with Gasteiger partial charge in [-0.05, 0) is 18.2 Å². The molecule has 3 aromatic rings. The topological polar surface area (TPSA) is 7.94 Å². The summed E-state index contributed by atoms with van der Waals surface area (Å²) in [6, 6.07) is 14.1. The van der Waals surface area contributed by atoms with E-state index >= 15 is 0 Å². The van der Waals surface area contributed by atoms with Gasteiger partial charge in [-0.1, -0.05) is 35.3 Å². The number of rotatable bonds is 1. The van der Waals surface area contributed by atoms with E-state index in [4.69, 9.17) is 23.2 Å². The van der Waals surface area contributed by atoms with Gasteiger partial charge in [-0.2, -0.15) is 4.58 Å². The van der Waals surface area contributed by atoms with E-state index < -0.39 is 0 Å². The molecule has 0 atom stereocenters. The molecule has 1 aromatic heterocycles. The molecule has 1 aliphatic heterocycles. The summed E-state index contributed by atoms with van der Waals surface area (Å²) < 4.78 is 4.39. The van der Waals surface area contributed by atoms with Crippen molar-refractivity contribution in [1.82, 2.24) is 4.57 Å². The molecule has 0 radical (unpaired) electrons. The second-order valence-corrected chi connectivity index (χ2v) is 5.81. The summed E-state index contributed by atoms with van der Waals surface area (Å²) in [6.07, 6.45) is 4.25. The van der Waals surface area contributed by atoms with E-state index in [1.165, 1.54) is 16.5 Å². The molecule has 0 saturated heterocycles. The Morgan fingerprint density at radius 3 is 2.60 bits per heavy atom. The molecule has 0 amide bonds. The highest BCUT2D eigenvalue weighted by Crippen LogP contribution is 2.28. The third-order valence-corrected chi connectivity index (χ3v) is 4.03. The summed E-state index contributed by atoms with van der Waals surface area (Å²) in [5, 5.41) is 2.57. The molecule has 4 heteroatoms. The molecule has 1 aliphatic rings. The Labute approximate surface area is 126 Å². The number of hydrogen-bond donors (Lipinski definition) is 0. The first-order valence-electron chi connectivity index (χ1n) is 6.36. The minimum Gasteiger partial charge on any atom is -0.291 e. The fourth-order valence-electron chi connectivity index (χ4n) is 2.75. The third-order valence-electron chi connectivity index (χ3n) is 3.60. The van der Waals surface area contributed by atoms with E-state index in [9.17, 15) is 0 Å². The molecule has 0 fully saturated rings. The Bertz CT molecular complexity index is 842. The van der Waals surface area contributed by atoms with E-state index in [1.54, 1.807) is 6.07 Å². The molecule has 0 bridgehead atoms. The second kappa shape index (κ2) is 4.37. The molecular formula is C16H11Cl2N2+. The zero-order valence-corrected chi connectivity index (χ0v) is 12.1. The third kappa shape index (κ3) is 1.84. The van der Waals surface area contributed by atoms with Crippen molar-refractivity contribution in [3.63, 3.8) is 0 Å². The number of para-hydroxylation sites is 1. The van der Waals surface area contributed by atoms with Gasteiger partial charge in [0.1, 0.15) is 0 Å². The van der Waals surface area contributed by atoms with Crippen molar-refractivity contribution >= 4 is 46.0 Å². The van der Waals surface area contributed by atoms with Gasteiger partial charge in [-0.15, -0.1) is 0 Å². The molecule has 2 nitrogen and oxygen atoms in total. The largest absolute Gasteiger partial charge is 0.291 e. The summed E-state index contributed by atoms with van der Waals surface area (Å²) >= 11 is 12.2. The van der Waals surface area contributed by atoms with E-state index in [0.717, 1.165) is 12.4 Å². The molecule has 4 rings (SSSR count). The van der Waals surface area contributed by atoms with Crippen LogP contribution in [0.5, 0.6) is 0 Å². The molecule has 0 saturated carbocycles. The molecule has 20 heavy (non-hydrogen) atoms. The van der Waals surface area contributed by atoms with Crippen molar-refractivity contribution in [3.05, 3.63) is 64.3 Å². The number of benzene rings is 2. The maximum atomic E-state index is 6.10. The van der Waals surface area contributed by atoms with E-state index in [-0.39, 0.29) is 0 Å². The van der Waals surface area contributed by atoms with Crippen LogP contribution in [-0.4, -0.2) is 15.4 Å². The van der Waals surface area contributed by atoms with Crippen LogP contribution in [0, 0.1) is 0 Å². The first kappa shape index (κ1) is 12.0. The number of aromatic nitrogens is 1. The maximum absolute atomic E-state index is 6.10. The Morgan fingerprint density at radius 2 is 1.80 bits per heavy atom. The average molecular weight is 302 g/mol. The molecular weight excluding hydrogens is 291 g/mol. The van der Waals surface area contributed by atoms with Gasteiger partial charge in [0.05, 0.1) is 11.1 Å². The summed E-state index contributed by atoms with van der Waals surface area (Å²) in [6.45, 7) is 0.761. The highest BCUT2D eigenvalue weighted by molar-refractivity contribution is 6.34. The standard InChI is InChI=1S/C16H11Cl2N2/c17-13-6-14(18)8-15(7-13)20-9-12-3-1-2-11-4-5-19(10-20)16(11)12/h1-9H,10H2/q+1. The van der Waals surface area contributed by atoms with Gasteiger partial charge >= 0.3 is 0 Å². The van der Waals surface area contributed by atoms with Crippen molar-refractivity contribution in [2.24, 2.45) is 0 Å². The van der Waals surface area contributed by atoms with Gasteiger partial charge in [-0.3, -0.25) is 4.57 Å². The lowest BCUT2D eigenvalue weighted by atomic mass is 10.1. The van der Waals surface area contributed by atoms with Gasteiger partial charge in [0.2, 0.25) is 12.4 Å². The Balaban J connectivity index is 1.91. The van der Waals surface area contributed by atoms with Crippen LogP contribution in [0.4, 0.5) is 5.69 Å². The minimum atomic E-state index is 0.650. The molecule has 0 N–H and O–H groups in total. The van der Waals surface area contributed by atoms with E-state index in [2.05, 4.69) is 45.8 Å². The van der Waals surface area contributed by atoms with Crippen LogP contribution >= 0.6 is 23.2 Å². The maximum Gasteiger partial charge on any atom is 0.228 e. The highest BCUT2D eigenvalue weighted by atomic mass is 35.5. The normalized spacial score (nSPS) is 13.6. The lowest BCUT2D eigenvalue weighted by Crippen LogP contribution is -2.18. The Hall–Kier alpha value is -1.77. The molecule has 0 spiro atoms. The lowest BCUT2D eigenvalue weighted by molar-refractivity contribution is -0.471. The average Bonchev–Trinajstić information content (AvgIpc) is 2.83. The van der Waals surface area contributed by atoms with Crippen LogP contribution in [0.15, 0.2) is 48.7 Å². The van der Waals surface area contributed by atoms with Crippen LogP contribution < -0.4 is 0 Å². The summed E-state index contributed by atoms with van der Waals surface area (Å²) in [5.74, 6) is 0. The number of nitrogens with zero attached hydrogens (tertiary/aromatic N) is 2. The molecule has 2 heterocycles. The summed E-state index contributed by atoms with van der Waals surface area (Å²) in [5.41, 5.74) is 3.48. The fraction of sp³-hybridized carbons (Fsp3) is 0.0625. The SMILES string of the molecule is Clc1cc(Cl)cc([N+]2=Cc3cccc4ccn(c34)C2)c1. The zero-order chi connectivity index (χ0) is 13.7. The molecule has 2 aromatic carbocycles. The highest BCUT2D eigenvalue weighted by Gasteiger charge is 2.20. The Kier molecular flexibility index (Phi) is 2.62. The molecule has 98 valence electrons. The Morgan fingerprint density at radius 1 is 1.00 bits per heavy atom. The predicted molar refractivity (Wildman–Crippen MR) is 83.5 cm³/mol. The molecule has 0 aliphatic carbocycles. The van der Waals surface area contributed by atoms with Gasteiger partial charge < -0.3 is 0 Å². The second-order valence-electron chi connectivity index (χ2n) is 4.94. The molecule has 0 unspecified atom stereocenters. The fourth-order valence-corrected chi connectivity index (χ4v) is 3.26. The van der Waals surface area contributed by atoms with Gasteiger partial charge in [0, 0.05) is 33.8 Å². The van der Waals surface area contributed by atoms with Crippen LogP contribution in [0.3, 0.4) is 0 Å².